The van der Waals surface area contributed by atoms with Gasteiger partial charge in [0.2, 0.25) is 5.13 Å². The van der Waals surface area contributed by atoms with Crippen molar-refractivity contribution in [1.29, 1.82) is 0 Å². The first-order chi connectivity index (χ1) is 15.4. The highest BCUT2D eigenvalue weighted by Gasteiger charge is 2.29. The number of aromatic nitrogens is 2. The minimum atomic E-state index is -3.93. The van der Waals surface area contributed by atoms with E-state index in [4.69, 9.17) is 11.6 Å². The Hall–Kier alpha value is -2.78. The molecule has 9 heteroatoms. The summed E-state index contributed by atoms with van der Waals surface area (Å²) in [6.07, 6.45) is 1.81. The highest BCUT2D eigenvalue weighted by molar-refractivity contribution is 7.93. The molecule has 2 heterocycles. The SMILES string of the molecule is Cc1cnc(-c2ccc(S(=O)(=O)N(c3ccccc3)c3nc4cc(Cl)ccc4s3)cc2)s1. The van der Waals surface area contributed by atoms with Gasteiger partial charge in [0.15, 0.2) is 0 Å². The zero-order chi connectivity index (χ0) is 22.3. The van der Waals surface area contributed by atoms with E-state index in [2.05, 4.69) is 9.97 Å². The van der Waals surface area contributed by atoms with E-state index >= 15 is 0 Å². The minimum absolute atomic E-state index is 0.177. The number of para-hydroxylation sites is 1. The monoisotopic (exact) mass is 497 g/mol. The first kappa shape index (κ1) is 21.1. The fraction of sp³-hybridized carbons (Fsp3) is 0.0435. The molecule has 160 valence electrons. The maximum Gasteiger partial charge on any atom is 0.270 e. The van der Waals surface area contributed by atoms with Crippen LogP contribution in [0.2, 0.25) is 5.02 Å². The predicted octanol–water partition coefficient (Wildman–Crippen LogP) is 6.91. The molecule has 0 aliphatic carbocycles. The molecule has 5 aromatic rings. The van der Waals surface area contributed by atoms with E-state index in [1.165, 1.54) is 15.6 Å². The van der Waals surface area contributed by atoms with Crippen molar-refractivity contribution in [2.45, 2.75) is 11.8 Å². The second kappa shape index (κ2) is 8.29. The van der Waals surface area contributed by atoms with Crippen LogP contribution in [-0.4, -0.2) is 18.4 Å². The summed E-state index contributed by atoms with van der Waals surface area (Å²) in [4.78, 5) is 10.2. The van der Waals surface area contributed by atoms with Crippen LogP contribution >= 0.6 is 34.3 Å². The average Bonchev–Trinajstić information content (AvgIpc) is 3.40. The number of anilines is 2. The van der Waals surface area contributed by atoms with E-state index in [-0.39, 0.29) is 4.90 Å². The lowest BCUT2D eigenvalue weighted by molar-refractivity contribution is 0.596. The minimum Gasteiger partial charge on any atom is -0.244 e. The van der Waals surface area contributed by atoms with E-state index in [0.717, 1.165) is 20.1 Å². The van der Waals surface area contributed by atoms with Gasteiger partial charge in [-0.1, -0.05) is 53.3 Å². The first-order valence-corrected chi connectivity index (χ1v) is 13.1. The molecular formula is C23H16ClN3O2S3. The van der Waals surface area contributed by atoms with E-state index in [9.17, 15) is 8.42 Å². The quantitative estimate of drug-likeness (QED) is 0.264. The Bertz CT molecular complexity index is 1510. The molecule has 0 saturated carbocycles. The number of halogens is 1. The topological polar surface area (TPSA) is 63.2 Å². The van der Waals surface area contributed by atoms with Crippen molar-refractivity contribution < 1.29 is 8.42 Å². The molecule has 0 amide bonds. The molecule has 0 N–H and O–H groups in total. The second-order valence-electron chi connectivity index (χ2n) is 7.01. The molecule has 0 spiro atoms. The highest BCUT2D eigenvalue weighted by atomic mass is 35.5. The van der Waals surface area contributed by atoms with Gasteiger partial charge in [0.05, 0.1) is 20.8 Å². The molecule has 3 aromatic carbocycles. The molecule has 0 unspecified atom stereocenters. The average molecular weight is 498 g/mol. The maximum absolute atomic E-state index is 13.8. The zero-order valence-electron chi connectivity index (χ0n) is 16.8. The fourth-order valence-corrected chi connectivity index (χ4v) is 6.81. The van der Waals surface area contributed by atoms with Crippen LogP contribution in [0.15, 0.2) is 83.9 Å². The van der Waals surface area contributed by atoms with Crippen molar-refractivity contribution in [1.82, 2.24) is 9.97 Å². The number of nitrogens with zero attached hydrogens (tertiary/aromatic N) is 3. The van der Waals surface area contributed by atoms with Crippen molar-refractivity contribution >= 4 is 65.3 Å². The summed E-state index contributed by atoms with van der Waals surface area (Å²) in [5.41, 5.74) is 2.04. The van der Waals surface area contributed by atoms with Crippen molar-refractivity contribution in [3.63, 3.8) is 0 Å². The van der Waals surface area contributed by atoms with Crippen LogP contribution in [-0.2, 0) is 10.0 Å². The fourth-order valence-electron chi connectivity index (χ4n) is 3.25. The summed E-state index contributed by atoms with van der Waals surface area (Å²) in [6.45, 7) is 1.99. The Morgan fingerprint density at radius 1 is 0.938 bits per heavy atom. The summed E-state index contributed by atoms with van der Waals surface area (Å²) in [5, 5.41) is 1.76. The van der Waals surface area contributed by atoms with Gasteiger partial charge in [-0.05, 0) is 49.4 Å². The molecule has 5 rings (SSSR count). The van der Waals surface area contributed by atoms with Gasteiger partial charge in [-0.25, -0.2) is 22.7 Å². The standard InChI is InChI=1S/C23H16ClN3O2S3/c1-15-14-25-22(30-15)16-7-10-19(11-8-16)32(28,29)27(18-5-3-2-4-6-18)23-26-20-13-17(24)9-12-21(20)31-23/h2-14H,1H3. The van der Waals surface area contributed by atoms with Crippen molar-refractivity contribution in [3.05, 3.63) is 88.9 Å². The number of sulfonamides is 1. The van der Waals surface area contributed by atoms with Crippen LogP contribution in [0.25, 0.3) is 20.8 Å². The van der Waals surface area contributed by atoms with E-state index in [1.54, 1.807) is 78.2 Å². The molecule has 0 atom stereocenters. The van der Waals surface area contributed by atoms with Gasteiger partial charge in [-0.15, -0.1) is 11.3 Å². The van der Waals surface area contributed by atoms with Crippen molar-refractivity contribution in [2.75, 3.05) is 4.31 Å². The Morgan fingerprint density at radius 3 is 2.38 bits per heavy atom. The van der Waals surface area contributed by atoms with E-state index in [0.29, 0.717) is 21.4 Å². The third-order valence-electron chi connectivity index (χ3n) is 4.76. The second-order valence-corrected chi connectivity index (χ2v) is 11.5. The lowest BCUT2D eigenvalue weighted by Crippen LogP contribution is -2.26. The molecular weight excluding hydrogens is 482 g/mol. The molecule has 32 heavy (non-hydrogen) atoms. The predicted molar refractivity (Wildman–Crippen MR) is 133 cm³/mol. The Balaban J connectivity index is 1.61. The lowest BCUT2D eigenvalue weighted by atomic mass is 10.2. The third-order valence-corrected chi connectivity index (χ3v) is 8.83. The number of hydrogen-bond acceptors (Lipinski definition) is 6. The van der Waals surface area contributed by atoms with Gasteiger partial charge >= 0.3 is 0 Å². The van der Waals surface area contributed by atoms with Gasteiger partial charge in [-0.2, -0.15) is 0 Å². The number of thiazole rings is 2. The summed E-state index contributed by atoms with van der Waals surface area (Å²) in [5.74, 6) is 0. The van der Waals surface area contributed by atoms with E-state index < -0.39 is 10.0 Å². The van der Waals surface area contributed by atoms with Gasteiger partial charge in [-0.3, -0.25) is 0 Å². The van der Waals surface area contributed by atoms with Crippen LogP contribution in [0.4, 0.5) is 10.8 Å². The number of fused-ring (bicyclic) bond motifs is 1. The Labute approximate surface area is 198 Å². The molecule has 2 aromatic heterocycles. The van der Waals surface area contributed by atoms with Gasteiger partial charge in [0.1, 0.15) is 5.01 Å². The number of hydrogen-bond donors (Lipinski definition) is 0. The molecule has 0 aliphatic rings. The number of aryl methyl sites for hydroxylation is 1. The molecule has 5 nitrogen and oxygen atoms in total. The normalized spacial score (nSPS) is 11.7. The summed E-state index contributed by atoms with van der Waals surface area (Å²) >= 11 is 8.98. The molecule has 0 fully saturated rings. The summed E-state index contributed by atoms with van der Waals surface area (Å²) in [6, 6.07) is 21.1. The Kier molecular flexibility index (Phi) is 5.46. The third kappa shape index (κ3) is 3.91. The van der Waals surface area contributed by atoms with Gasteiger partial charge in [0.25, 0.3) is 10.0 Å². The number of rotatable bonds is 5. The molecule has 0 aliphatic heterocycles. The van der Waals surface area contributed by atoms with Crippen LogP contribution in [0.1, 0.15) is 4.88 Å². The lowest BCUT2D eigenvalue weighted by Gasteiger charge is -2.21. The molecule has 0 radical (unpaired) electrons. The van der Waals surface area contributed by atoms with Crippen LogP contribution in [0.3, 0.4) is 0 Å². The molecule has 0 bridgehead atoms. The van der Waals surface area contributed by atoms with Crippen molar-refractivity contribution in [3.8, 4) is 10.6 Å². The summed E-state index contributed by atoms with van der Waals surface area (Å²) in [7, 11) is -3.93. The number of benzene rings is 3. The first-order valence-electron chi connectivity index (χ1n) is 9.61. The van der Waals surface area contributed by atoms with Crippen LogP contribution < -0.4 is 4.31 Å². The zero-order valence-corrected chi connectivity index (χ0v) is 20.0. The Morgan fingerprint density at radius 2 is 1.69 bits per heavy atom. The van der Waals surface area contributed by atoms with Crippen molar-refractivity contribution in [2.24, 2.45) is 0 Å². The van der Waals surface area contributed by atoms with Gasteiger partial charge in [0, 0.05) is 21.7 Å². The van der Waals surface area contributed by atoms with Crippen LogP contribution in [0, 0.1) is 6.92 Å². The van der Waals surface area contributed by atoms with E-state index in [1.807, 2.05) is 19.1 Å². The summed E-state index contributed by atoms with van der Waals surface area (Å²) < 4.78 is 29.7. The smallest absolute Gasteiger partial charge is 0.244 e. The van der Waals surface area contributed by atoms with Gasteiger partial charge < -0.3 is 0 Å². The van der Waals surface area contributed by atoms with Crippen LogP contribution in [0.5, 0.6) is 0 Å². The highest BCUT2D eigenvalue weighted by Crippen LogP contribution is 2.38. The molecule has 0 saturated heterocycles. The maximum atomic E-state index is 13.8. The largest absolute Gasteiger partial charge is 0.270 e.